The molecule has 2 bridgehead atoms. The van der Waals surface area contributed by atoms with Crippen molar-refractivity contribution in [1.82, 2.24) is 4.90 Å². The summed E-state index contributed by atoms with van der Waals surface area (Å²) >= 11 is 0. The number of hydrogen-bond acceptors (Lipinski definition) is 8. The lowest BCUT2D eigenvalue weighted by atomic mass is 9.99. The highest BCUT2D eigenvalue weighted by Gasteiger charge is 2.49. The van der Waals surface area contributed by atoms with E-state index in [0.717, 1.165) is 0 Å². The number of carbonyl (C=O) groups excluding carboxylic acids is 2. The van der Waals surface area contributed by atoms with Crippen molar-refractivity contribution in [3.8, 4) is 0 Å². The number of non-ortho nitro benzene ring substituents is 2. The van der Waals surface area contributed by atoms with Crippen LogP contribution in [0.3, 0.4) is 0 Å². The van der Waals surface area contributed by atoms with E-state index in [1.54, 1.807) is 43.3 Å². The Bertz CT molecular complexity index is 1220. The van der Waals surface area contributed by atoms with Gasteiger partial charge in [0.15, 0.2) is 5.78 Å². The van der Waals surface area contributed by atoms with Crippen molar-refractivity contribution in [3.63, 3.8) is 0 Å². The second-order valence-electron chi connectivity index (χ2n) is 7.96. The van der Waals surface area contributed by atoms with Gasteiger partial charge in [0.1, 0.15) is 0 Å². The van der Waals surface area contributed by atoms with Crippen molar-refractivity contribution in [3.05, 3.63) is 92.0 Å². The molecular weight excluding hydrogens is 442 g/mol. The largest absolute Gasteiger partial charge is 0.466 e. The van der Waals surface area contributed by atoms with E-state index in [4.69, 9.17) is 4.74 Å². The number of ether oxygens (including phenoxy) is 1. The second kappa shape index (κ2) is 9.26. The summed E-state index contributed by atoms with van der Waals surface area (Å²) in [5.41, 5.74) is 1.41. The zero-order chi connectivity index (χ0) is 24.4. The van der Waals surface area contributed by atoms with Gasteiger partial charge in [-0.3, -0.25) is 29.8 Å². The van der Waals surface area contributed by atoms with Crippen molar-refractivity contribution < 1.29 is 24.2 Å². The van der Waals surface area contributed by atoms with Gasteiger partial charge in [-0.25, -0.2) is 0 Å². The van der Waals surface area contributed by atoms with E-state index in [0.29, 0.717) is 16.8 Å². The summed E-state index contributed by atoms with van der Waals surface area (Å²) in [6.07, 6.45) is 5.08. The Morgan fingerprint density at radius 2 is 1.82 bits per heavy atom. The van der Waals surface area contributed by atoms with Crippen molar-refractivity contribution in [1.29, 1.82) is 0 Å². The van der Waals surface area contributed by atoms with Gasteiger partial charge in [-0.2, -0.15) is 0 Å². The van der Waals surface area contributed by atoms with Crippen molar-refractivity contribution in [2.45, 2.75) is 25.4 Å². The molecule has 2 heterocycles. The minimum Gasteiger partial charge on any atom is -0.466 e. The Labute approximate surface area is 194 Å². The first-order valence-electron chi connectivity index (χ1n) is 10.7. The first-order valence-corrected chi connectivity index (χ1v) is 10.7. The van der Waals surface area contributed by atoms with Crippen LogP contribution in [0.5, 0.6) is 0 Å². The molecule has 10 heteroatoms. The molecule has 1 saturated heterocycles. The summed E-state index contributed by atoms with van der Waals surface area (Å²) in [6, 6.07) is 10.7. The summed E-state index contributed by atoms with van der Waals surface area (Å²) < 4.78 is 5.23. The highest BCUT2D eigenvalue weighted by molar-refractivity contribution is 5.99. The van der Waals surface area contributed by atoms with Gasteiger partial charge in [-0.15, -0.1) is 0 Å². The highest BCUT2D eigenvalue weighted by Crippen LogP contribution is 2.42. The van der Waals surface area contributed by atoms with Gasteiger partial charge < -0.3 is 9.64 Å². The Kier molecular flexibility index (Phi) is 6.22. The Hall–Kier alpha value is -4.34. The van der Waals surface area contributed by atoms with Crippen molar-refractivity contribution in [2.24, 2.45) is 5.92 Å². The fourth-order valence-corrected chi connectivity index (χ4v) is 4.44. The van der Waals surface area contributed by atoms with Crippen LogP contribution in [0, 0.1) is 26.1 Å². The van der Waals surface area contributed by atoms with E-state index in [1.807, 2.05) is 4.90 Å². The number of esters is 1. The fraction of sp³-hybridized carbons (Fsp3) is 0.250. The average Bonchev–Trinajstić information content (AvgIpc) is 3.12. The molecule has 0 saturated carbocycles. The summed E-state index contributed by atoms with van der Waals surface area (Å²) in [5.74, 6) is -1.15. The van der Waals surface area contributed by atoms with E-state index in [1.165, 1.54) is 30.3 Å². The quantitative estimate of drug-likeness (QED) is 0.262. The first-order chi connectivity index (χ1) is 16.3. The predicted octanol–water partition coefficient (Wildman–Crippen LogP) is 3.76. The number of benzene rings is 2. The number of hydrogen-bond donors (Lipinski definition) is 0. The number of nitro groups is 2. The molecule has 3 atom stereocenters. The molecule has 2 aromatic carbocycles. The van der Waals surface area contributed by atoms with Gasteiger partial charge in [0, 0.05) is 30.0 Å². The van der Waals surface area contributed by atoms with E-state index < -0.39 is 33.8 Å². The van der Waals surface area contributed by atoms with Crippen LogP contribution in [0.2, 0.25) is 0 Å². The third-order valence-electron chi connectivity index (χ3n) is 5.96. The Balaban J connectivity index is 1.84. The lowest BCUT2D eigenvalue weighted by Crippen LogP contribution is -2.42. The lowest BCUT2D eigenvalue weighted by molar-refractivity contribution is -0.385. The maximum atomic E-state index is 12.8. The molecule has 3 unspecified atom stereocenters. The molecule has 0 spiro atoms. The number of carbonyl (C=O) groups is 2. The van der Waals surface area contributed by atoms with E-state index in [2.05, 4.69) is 0 Å². The third-order valence-corrected chi connectivity index (χ3v) is 5.96. The van der Waals surface area contributed by atoms with E-state index in [9.17, 15) is 29.8 Å². The van der Waals surface area contributed by atoms with Crippen LogP contribution in [0.1, 0.15) is 24.5 Å². The maximum Gasteiger partial charge on any atom is 0.311 e. The first kappa shape index (κ1) is 22.8. The zero-order valence-corrected chi connectivity index (χ0v) is 18.2. The van der Waals surface area contributed by atoms with Gasteiger partial charge in [0.25, 0.3) is 11.4 Å². The number of ketones is 1. The third kappa shape index (κ3) is 4.29. The molecule has 2 aliphatic rings. The second-order valence-corrected chi connectivity index (χ2v) is 7.96. The number of nitrogens with zero attached hydrogens (tertiary/aromatic N) is 3. The molecule has 0 radical (unpaired) electrons. The summed E-state index contributed by atoms with van der Waals surface area (Å²) in [6.45, 7) is 1.92. The van der Waals surface area contributed by atoms with Crippen molar-refractivity contribution in [2.75, 3.05) is 6.61 Å². The van der Waals surface area contributed by atoms with Gasteiger partial charge >= 0.3 is 5.97 Å². The monoisotopic (exact) mass is 463 g/mol. The summed E-state index contributed by atoms with van der Waals surface area (Å²) in [5, 5.41) is 22.4. The van der Waals surface area contributed by atoms with Gasteiger partial charge in [-0.05, 0) is 48.8 Å². The summed E-state index contributed by atoms with van der Waals surface area (Å²) in [7, 11) is 0. The van der Waals surface area contributed by atoms with Crippen LogP contribution >= 0.6 is 0 Å². The molecule has 2 aromatic rings. The molecule has 2 aliphatic heterocycles. The van der Waals surface area contributed by atoms with Crippen LogP contribution in [-0.4, -0.2) is 45.2 Å². The van der Waals surface area contributed by atoms with Gasteiger partial charge in [0.2, 0.25) is 0 Å². The van der Waals surface area contributed by atoms with E-state index >= 15 is 0 Å². The van der Waals surface area contributed by atoms with E-state index in [-0.39, 0.29) is 30.2 Å². The lowest BCUT2D eigenvalue weighted by Gasteiger charge is -2.35. The van der Waals surface area contributed by atoms with Crippen LogP contribution in [-0.2, 0) is 14.3 Å². The molecule has 10 nitrogen and oxygen atoms in total. The molecule has 0 amide bonds. The number of fused-ring (bicyclic) bond motifs is 2. The van der Waals surface area contributed by atoms with Crippen LogP contribution < -0.4 is 0 Å². The highest BCUT2D eigenvalue weighted by atomic mass is 16.6. The molecule has 0 aliphatic carbocycles. The molecule has 1 fully saturated rings. The van der Waals surface area contributed by atoms with Gasteiger partial charge in [0.05, 0.1) is 34.5 Å². The predicted molar refractivity (Wildman–Crippen MR) is 122 cm³/mol. The number of nitro benzene ring substituents is 2. The fourth-order valence-electron chi connectivity index (χ4n) is 4.44. The molecule has 0 aromatic heterocycles. The SMILES string of the molecule is CCOC(=O)C1CC2C(=O)C=CC1N2C(=Cc1cccc([N+](=O)[O-])c1)c1ccc([N+](=O)[O-])cc1. The summed E-state index contributed by atoms with van der Waals surface area (Å²) in [4.78, 5) is 48.6. The minimum absolute atomic E-state index is 0.0968. The molecule has 4 rings (SSSR count). The van der Waals surface area contributed by atoms with Gasteiger partial charge in [-0.1, -0.05) is 18.2 Å². The smallest absolute Gasteiger partial charge is 0.311 e. The molecule has 34 heavy (non-hydrogen) atoms. The standard InChI is InChI=1S/C24H21N3O7/c1-2-34-24(29)19-14-22-23(28)11-10-20(19)25(22)21(16-6-8-17(9-7-16)26(30)31)13-15-4-3-5-18(12-15)27(32)33/h3-13,19-20,22H,2,14H2,1H3. The Morgan fingerprint density at radius 1 is 1.12 bits per heavy atom. The van der Waals surface area contributed by atoms with Crippen LogP contribution in [0.4, 0.5) is 11.4 Å². The van der Waals surface area contributed by atoms with Crippen molar-refractivity contribution >= 4 is 34.9 Å². The molecular formula is C24H21N3O7. The molecule has 174 valence electrons. The zero-order valence-electron chi connectivity index (χ0n) is 18.2. The topological polar surface area (TPSA) is 133 Å². The van der Waals surface area contributed by atoms with Crippen LogP contribution in [0.25, 0.3) is 11.8 Å². The molecule has 0 N–H and O–H groups in total. The minimum atomic E-state index is -0.635. The average molecular weight is 463 g/mol. The van der Waals surface area contributed by atoms with Crippen LogP contribution in [0.15, 0.2) is 60.7 Å². The maximum absolute atomic E-state index is 12.8. The number of rotatable bonds is 7. The Morgan fingerprint density at radius 3 is 2.47 bits per heavy atom. The normalized spacial score (nSPS) is 21.4.